The summed E-state index contributed by atoms with van der Waals surface area (Å²) in [4.78, 5) is 4.29. The maximum atomic E-state index is 9.98. The fourth-order valence-electron chi connectivity index (χ4n) is 2.32. The minimum absolute atomic E-state index is 0.267. The molecule has 0 aliphatic heterocycles. The van der Waals surface area contributed by atoms with Gasteiger partial charge < -0.3 is 9.67 Å². The van der Waals surface area contributed by atoms with Crippen molar-refractivity contribution < 1.29 is 5.11 Å². The number of aryl methyl sites for hydroxylation is 1. The molecule has 0 amide bonds. The standard InChI is InChI=1S/C18H13N3O/c1-13-4-7-18(22)15(9-13)11-21-12-20-16-6-5-14(3-2-8-19)10-17(16)21/h2-4,7,9-10,12,22H,11H2,1H3/b3-2+. The Kier molecular flexibility index (Phi) is 3.52. The van der Waals surface area contributed by atoms with Gasteiger partial charge in [0.25, 0.3) is 0 Å². The van der Waals surface area contributed by atoms with Crippen LogP contribution in [0.5, 0.6) is 5.75 Å². The molecule has 2 aromatic carbocycles. The quantitative estimate of drug-likeness (QED) is 0.752. The molecular formula is C18H13N3O. The molecule has 1 heterocycles. The van der Waals surface area contributed by atoms with Gasteiger partial charge in [0.1, 0.15) is 11.3 Å². The maximum absolute atomic E-state index is 9.98. The molecule has 4 nitrogen and oxygen atoms in total. The van der Waals surface area contributed by atoms with Gasteiger partial charge in [0, 0.05) is 17.2 Å². The summed E-state index contributed by atoms with van der Waals surface area (Å²) >= 11 is 0. The lowest BCUT2D eigenvalue weighted by Crippen LogP contribution is -1.98. The molecule has 1 aromatic heterocycles. The lowest BCUT2D eigenvalue weighted by atomic mass is 10.1. The van der Waals surface area contributed by atoms with Crippen LogP contribution in [0, 0.1) is 30.4 Å². The average molecular weight is 287 g/mol. The summed E-state index contributed by atoms with van der Waals surface area (Å²) in [5.74, 6) is 0.267. The van der Waals surface area contributed by atoms with Gasteiger partial charge in [-0.3, -0.25) is 0 Å². The van der Waals surface area contributed by atoms with Crippen LogP contribution in [-0.4, -0.2) is 14.7 Å². The first-order valence-electron chi connectivity index (χ1n) is 6.81. The summed E-state index contributed by atoms with van der Waals surface area (Å²) in [7, 11) is 0. The van der Waals surface area contributed by atoms with Crippen molar-refractivity contribution in [2.45, 2.75) is 13.5 Å². The molecule has 22 heavy (non-hydrogen) atoms. The summed E-state index contributed by atoms with van der Waals surface area (Å²) in [5, 5.41) is 18.6. The molecule has 1 N–H and O–H groups in total. The number of phenols is 1. The number of aromatic nitrogens is 2. The molecule has 0 bridgehead atoms. The van der Waals surface area contributed by atoms with Crippen LogP contribution in [-0.2, 0) is 6.54 Å². The minimum Gasteiger partial charge on any atom is -0.508 e. The molecular weight excluding hydrogens is 274 g/mol. The monoisotopic (exact) mass is 287 g/mol. The first kappa shape index (κ1) is 13.7. The van der Waals surface area contributed by atoms with Crippen LogP contribution < -0.4 is 0 Å². The Balaban J connectivity index is 2.02. The number of hydrogen-bond donors (Lipinski definition) is 1. The Morgan fingerprint density at radius 3 is 3.05 bits per heavy atom. The average Bonchev–Trinajstić information content (AvgIpc) is 2.91. The van der Waals surface area contributed by atoms with E-state index in [0.717, 1.165) is 22.2 Å². The summed E-state index contributed by atoms with van der Waals surface area (Å²) in [6.07, 6.45) is 4.80. The van der Waals surface area contributed by atoms with E-state index in [-0.39, 0.29) is 5.75 Å². The molecule has 0 aliphatic carbocycles. The third-order valence-corrected chi connectivity index (χ3v) is 3.41. The highest BCUT2D eigenvalue weighted by molar-refractivity contribution is 5.76. The van der Waals surface area contributed by atoms with Crippen LogP contribution in [0.4, 0.5) is 0 Å². The lowest BCUT2D eigenvalue weighted by molar-refractivity contribution is 0.466. The van der Waals surface area contributed by atoms with Gasteiger partial charge in [-0.2, -0.15) is 5.26 Å². The van der Waals surface area contributed by atoms with Gasteiger partial charge in [-0.05, 0) is 31.2 Å². The smallest absolute Gasteiger partial charge is 0.139 e. The predicted molar refractivity (Wildman–Crippen MR) is 84.0 cm³/mol. The molecule has 0 spiro atoms. The zero-order valence-electron chi connectivity index (χ0n) is 12.0. The van der Waals surface area contributed by atoms with E-state index in [1.807, 2.05) is 35.8 Å². The Hall–Kier alpha value is -3.24. The Bertz CT molecular complexity index is 900. The highest BCUT2D eigenvalue weighted by atomic mass is 16.3. The number of nitrogens with zero attached hydrogens (tertiary/aromatic N) is 3. The number of fused-ring (bicyclic) bond motifs is 1. The zero-order valence-corrected chi connectivity index (χ0v) is 12.0. The van der Waals surface area contributed by atoms with E-state index < -0.39 is 0 Å². The van der Waals surface area contributed by atoms with Gasteiger partial charge in [-0.1, -0.05) is 23.8 Å². The van der Waals surface area contributed by atoms with Crippen molar-refractivity contribution in [3.8, 4) is 11.8 Å². The van der Waals surface area contributed by atoms with E-state index in [1.54, 1.807) is 18.5 Å². The molecule has 0 unspecified atom stereocenters. The van der Waals surface area contributed by atoms with Crippen LogP contribution in [0.3, 0.4) is 0 Å². The zero-order chi connectivity index (χ0) is 15.5. The molecule has 0 fully saturated rings. The number of aromatic hydroxyl groups is 1. The Labute approximate surface area is 128 Å². The van der Waals surface area contributed by atoms with Crippen LogP contribution in [0.1, 0.15) is 16.7 Å². The van der Waals surface area contributed by atoms with E-state index in [0.29, 0.717) is 12.1 Å². The fraction of sp³-hybridized carbons (Fsp3) is 0.111. The van der Waals surface area contributed by atoms with Crippen molar-refractivity contribution in [1.82, 2.24) is 9.55 Å². The van der Waals surface area contributed by atoms with E-state index in [1.165, 1.54) is 6.08 Å². The van der Waals surface area contributed by atoms with Crippen LogP contribution in [0.15, 0.2) is 36.7 Å². The molecule has 106 valence electrons. The second kappa shape index (κ2) is 5.63. The van der Waals surface area contributed by atoms with Crippen LogP contribution in [0.2, 0.25) is 0 Å². The van der Waals surface area contributed by atoms with Crippen molar-refractivity contribution in [2.75, 3.05) is 0 Å². The molecule has 3 aromatic rings. The van der Waals surface area contributed by atoms with Gasteiger partial charge in [-0.25, -0.2) is 4.98 Å². The molecule has 0 atom stereocenters. The number of nitriles is 1. The van der Waals surface area contributed by atoms with Crippen LogP contribution in [0.25, 0.3) is 17.1 Å². The normalized spacial score (nSPS) is 10.7. The Morgan fingerprint density at radius 1 is 1.36 bits per heavy atom. The number of rotatable bonds is 3. The number of allylic oxidation sites excluding steroid dienone is 1. The van der Waals surface area contributed by atoms with Gasteiger partial charge in [0.2, 0.25) is 0 Å². The van der Waals surface area contributed by atoms with E-state index in [2.05, 4.69) is 17.1 Å². The summed E-state index contributed by atoms with van der Waals surface area (Å²) in [6, 6.07) is 15.3. The number of hydrogen-bond acceptors (Lipinski definition) is 3. The summed E-state index contributed by atoms with van der Waals surface area (Å²) < 4.78 is 1.94. The molecule has 0 aliphatic rings. The molecule has 0 saturated carbocycles. The molecule has 0 saturated heterocycles. The third-order valence-electron chi connectivity index (χ3n) is 3.41. The van der Waals surface area contributed by atoms with Crippen molar-refractivity contribution in [1.29, 1.82) is 5.26 Å². The number of phenolic OH excluding ortho intramolecular Hbond substituents is 1. The van der Waals surface area contributed by atoms with E-state index >= 15 is 0 Å². The second-order valence-electron chi connectivity index (χ2n) is 5.05. The van der Waals surface area contributed by atoms with Crippen molar-refractivity contribution >= 4 is 17.1 Å². The van der Waals surface area contributed by atoms with E-state index in [4.69, 9.17) is 5.26 Å². The largest absolute Gasteiger partial charge is 0.508 e. The molecule has 3 rings (SSSR count). The third kappa shape index (κ3) is 2.63. The first-order valence-corrected chi connectivity index (χ1v) is 6.81. The fourth-order valence-corrected chi connectivity index (χ4v) is 2.32. The summed E-state index contributed by atoms with van der Waals surface area (Å²) in [6.45, 7) is 2.51. The van der Waals surface area contributed by atoms with Gasteiger partial charge in [0.05, 0.1) is 24.5 Å². The maximum Gasteiger partial charge on any atom is 0.139 e. The lowest BCUT2D eigenvalue weighted by Gasteiger charge is -2.07. The highest BCUT2D eigenvalue weighted by Crippen LogP contribution is 2.21. The van der Waals surface area contributed by atoms with Crippen molar-refractivity contribution in [2.24, 2.45) is 0 Å². The van der Waals surface area contributed by atoms with Gasteiger partial charge >= 0.3 is 0 Å². The van der Waals surface area contributed by atoms with Crippen LogP contribution >= 0.6 is 0 Å². The van der Waals surface area contributed by atoms with Gasteiger partial charge in [-0.15, -0.1) is 0 Å². The summed E-state index contributed by atoms with van der Waals surface area (Å²) in [5.41, 5.74) is 4.29. The van der Waals surface area contributed by atoms with Crippen molar-refractivity contribution in [3.05, 3.63) is 65.5 Å². The predicted octanol–water partition coefficient (Wildman–Crippen LogP) is 3.24. The minimum atomic E-state index is 0.267. The molecule has 0 radical (unpaired) electrons. The highest BCUT2D eigenvalue weighted by Gasteiger charge is 2.07. The number of imidazole rings is 1. The second-order valence-corrected chi connectivity index (χ2v) is 5.05. The number of benzene rings is 1. The Morgan fingerprint density at radius 2 is 2.23 bits per heavy atom. The molecule has 4 heteroatoms. The van der Waals surface area contributed by atoms with Gasteiger partial charge in [0.15, 0.2) is 0 Å². The first-order chi connectivity index (χ1) is 10.7. The topological polar surface area (TPSA) is 61.8 Å². The van der Waals surface area contributed by atoms with Crippen molar-refractivity contribution in [3.63, 3.8) is 0 Å². The van der Waals surface area contributed by atoms with E-state index in [9.17, 15) is 5.11 Å². The SMILES string of the molecule is Cc1ccc(O)c(Cn2cnc3c#cc(/C=C/C#N)cc32)c1.